The predicted molar refractivity (Wildman–Crippen MR) is 75.0 cm³/mol. The Morgan fingerprint density at radius 2 is 1.50 bits per heavy atom. The van der Waals surface area contributed by atoms with Crippen LogP contribution in [0.15, 0.2) is 47.3 Å². The highest BCUT2D eigenvalue weighted by atomic mass is 16.1. The van der Waals surface area contributed by atoms with E-state index < -0.39 is 0 Å². The lowest BCUT2D eigenvalue weighted by molar-refractivity contribution is 0.0990. The normalized spacial score (nSPS) is 13.4. The number of carbonyl (C=O) groups is 2. The van der Waals surface area contributed by atoms with Crippen molar-refractivity contribution in [2.24, 2.45) is 0 Å². The topological polar surface area (TPSA) is 67.0 Å². The molecule has 0 atom stereocenters. The summed E-state index contributed by atoms with van der Waals surface area (Å²) in [4.78, 5) is 38.1. The van der Waals surface area contributed by atoms with E-state index in [9.17, 15) is 14.4 Å². The Kier molecular flexibility index (Phi) is 2.71. The van der Waals surface area contributed by atoms with Crippen molar-refractivity contribution >= 4 is 11.6 Å². The highest BCUT2D eigenvalue weighted by Crippen LogP contribution is 2.21. The molecule has 4 nitrogen and oxygen atoms in total. The molecule has 0 spiro atoms. The Balaban J connectivity index is 2.23. The fraction of sp³-hybridized carbons (Fsp3) is 0.0625. The van der Waals surface area contributed by atoms with Gasteiger partial charge in [-0.3, -0.25) is 14.4 Å². The average molecular weight is 265 g/mol. The van der Waals surface area contributed by atoms with Gasteiger partial charge in [-0.25, -0.2) is 0 Å². The van der Waals surface area contributed by atoms with E-state index >= 15 is 0 Å². The number of hydrogen-bond donors (Lipinski definition) is 1. The quantitative estimate of drug-likeness (QED) is 0.860. The molecule has 20 heavy (non-hydrogen) atoms. The van der Waals surface area contributed by atoms with Gasteiger partial charge in [0.1, 0.15) is 5.69 Å². The SMILES string of the molecule is Cc1ccc(-c2cc3c([nH]c2=O)C(=O)C=CC3=O)cc1. The molecule has 2 aromatic rings. The molecule has 1 heterocycles. The van der Waals surface area contributed by atoms with Crippen molar-refractivity contribution in [3.05, 3.63) is 69.7 Å². The largest absolute Gasteiger partial charge is 0.318 e. The number of hydrogen-bond acceptors (Lipinski definition) is 3. The Hall–Kier alpha value is -2.75. The Morgan fingerprint density at radius 1 is 0.850 bits per heavy atom. The van der Waals surface area contributed by atoms with E-state index in [-0.39, 0.29) is 28.4 Å². The molecule has 1 aliphatic rings. The summed E-state index contributed by atoms with van der Waals surface area (Å²) in [5.41, 5.74) is 2.13. The fourth-order valence-corrected chi connectivity index (χ4v) is 2.19. The molecule has 0 aliphatic heterocycles. The number of carbonyl (C=O) groups excluding carboxylic acids is 2. The molecule has 0 radical (unpaired) electrons. The van der Waals surface area contributed by atoms with Gasteiger partial charge in [-0.2, -0.15) is 0 Å². The fourth-order valence-electron chi connectivity index (χ4n) is 2.19. The molecule has 3 rings (SSSR count). The number of allylic oxidation sites excluding steroid dienone is 2. The van der Waals surface area contributed by atoms with Crippen LogP contribution in [0.25, 0.3) is 11.1 Å². The van der Waals surface area contributed by atoms with Crippen LogP contribution in [0.5, 0.6) is 0 Å². The van der Waals surface area contributed by atoms with Crippen molar-refractivity contribution in [3.63, 3.8) is 0 Å². The lowest BCUT2D eigenvalue weighted by Gasteiger charge is -2.10. The highest BCUT2D eigenvalue weighted by molar-refractivity contribution is 6.21. The number of aromatic nitrogens is 1. The van der Waals surface area contributed by atoms with E-state index in [2.05, 4.69) is 4.98 Å². The first-order chi connectivity index (χ1) is 9.56. The Morgan fingerprint density at radius 3 is 2.20 bits per heavy atom. The van der Waals surface area contributed by atoms with Crippen molar-refractivity contribution in [1.82, 2.24) is 4.98 Å². The minimum atomic E-state index is -0.371. The van der Waals surface area contributed by atoms with Crippen LogP contribution >= 0.6 is 0 Å². The molecule has 1 aliphatic carbocycles. The third kappa shape index (κ3) is 1.91. The van der Waals surface area contributed by atoms with Crippen LogP contribution in [-0.2, 0) is 0 Å². The molecule has 0 saturated carbocycles. The number of pyridine rings is 1. The van der Waals surface area contributed by atoms with Crippen molar-refractivity contribution in [1.29, 1.82) is 0 Å². The maximum absolute atomic E-state index is 12.1. The van der Waals surface area contributed by atoms with E-state index in [0.29, 0.717) is 5.56 Å². The maximum atomic E-state index is 12.1. The molecule has 1 aromatic carbocycles. The van der Waals surface area contributed by atoms with Gasteiger partial charge in [0.25, 0.3) is 5.56 Å². The molecule has 4 heteroatoms. The van der Waals surface area contributed by atoms with Crippen LogP contribution in [0.1, 0.15) is 26.4 Å². The lowest BCUT2D eigenvalue weighted by atomic mass is 9.96. The van der Waals surface area contributed by atoms with Gasteiger partial charge < -0.3 is 4.98 Å². The first-order valence-corrected chi connectivity index (χ1v) is 6.17. The molecule has 1 aromatic heterocycles. The number of H-pyrrole nitrogens is 1. The van der Waals surface area contributed by atoms with Crippen LogP contribution in [0.2, 0.25) is 0 Å². The Bertz CT molecular complexity index is 811. The number of fused-ring (bicyclic) bond motifs is 1. The summed E-state index contributed by atoms with van der Waals surface area (Å²) in [6.45, 7) is 1.95. The zero-order valence-electron chi connectivity index (χ0n) is 10.8. The van der Waals surface area contributed by atoms with E-state index in [1.54, 1.807) is 0 Å². The van der Waals surface area contributed by atoms with E-state index in [1.807, 2.05) is 31.2 Å². The van der Waals surface area contributed by atoms with Crippen molar-refractivity contribution in [3.8, 4) is 11.1 Å². The van der Waals surface area contributed by atoms with Crippen LogP contribution < -0.4 is 5.56 Å². The van der Waals surface area contributed by atoms with Gasteiger partial charge in [-0.15, -0.1) is 0 Å². The minimum absolute atomic E-state index is 0.0679. The number of nitrogens with one attached hydrogen (secondary N) is 1. The number of ketones is 2. The van der Waals surface area contributed by atoms with Crippen LogP contribution in [0, 0.1) is 6.92 Å². The third-order valence-corrected chi connectivity index (χ3v) is 3.30. The second-order valence-corrected chi connectivity index (χ2v) is 4.73. The van der Waals surface area contributed by atoms with Gasteiger partial charge in [0.15, 0.2) is 5.78 Å². The first kappa shape index (κ1) is 12.3. The number of benzene rings is 1. The summed E-state index contributed by atoms with van der Waals surface area (Å²) >= 11 is 0. The van der Waals surface area contributed by atoms with E-state index in [0.717, 1.165) is 11.1 Å². The molecular weight excluding hydrogens is 254 g/mol. The van der Waals surface area contributed by atoms with Gasteiger partial charge in [0.05, 0.1) is 5.56 Å². The molecule has 0 amide bonds. The second kappa shape index (κ2) is 4.42. The number of aromatic amines is 1. The molecule has 0 saturated heterocycles. The maximum Gasteiger partial charge on any atom is 0.256 e. The zero-order chi connectivity index (χ0) is 14.3. The smallest absolute Gasteiger partial charge is 0.256 e. The number of aryl methyl sites for hydroxylation is 1. The molecule has 0 fully saturated rings. The monoisotopic (exact) mass is 265 g/mol. The highest BCUT2D eigenvalue weighted by Gasteiger charge is 2.21. The van der Waals surface area contributed by atoms with E-state index in [4.69, 9.17) is 0 Å². The summed E-state index contributed by atoms with van der Waals surface area (Å²) < 4.78 is 0. The summed E-state index contributed by atoms with van der Waals surface area (Å²) in [7, 11) is 0. The summed E-state index contributed by atoms with van der Waals surface area (Å²) in [6.07, 6.45) is 2.40. The van der Waals surface area contributed by atoms with Gasteiger partial charge in [-0.05, 0) is 30.7 Å². The standard InChI is InChI=1S/C16H11NO3/c1-9-2-4-10(5-3-9)11-8-12-13(18)6-7-14(19)15(12)17-16(11)20/h2-8H,1H3,(H,17,20). The lowest BCUT2D eigenvalue weighted by Crippen LogP contribution is -2.21. The van der Waals surface area contributed by atoms with Crippen LogP contribution in [0.3, 0.4) is 0 Å². The van der Waals surface area contributed by atoms with Crippen molar-refractivity contribution in [2.45, 2.75) is 6.92 Å². The summed E-state index contributed by atoms with van der Waals surface area (Å²) in [5.74, 6) is -0.628. The second-order valence-electron chi connectivity index (χ2n) is 4.73. The average Bonchev–Trinajstić information content (AvgIpc) is 2.44. The zero-order valence-corrected chi connectivity index (χ0v) is 10.8. The third-order valence-electron chi connectivity index (χ3n) is 3.30. The van der Waals surface area contributed by atoms with Crippen molar-refractivity contribution in [2.75, 3.05) is 0 Å². The Labute approximate surface area is 114 Å². The number of rotatable bonds is 1. The molecular formula is C16H11NO3. The van der Waals surface area contributed by atoms with E-state index in [1.165, 1.54) is 18.2 Å². The summed E-state index contributed by atoms with van der Waals surface area (Å²) in [6, 6.07) is 8.90. The first-order valence-electron chi connectivity index (χ1n) is 6.17. The summed E-state index contributed by atoms with van der Waals surface area (Å²) in [5, 5.41) is 0. The molecule has 1 N–H and O–H groups in total. The predicted octanol–water partition coefficient (Wildman–Crippen LogP) is 2.29. The van der Waals surface area contributed by atoms with Gasteiger partial charge >= 0.3 is 0 Å². The van der Waals surface area contributed by atoms with Crippen LogP contribution in [-0.4, -0.2) is 16.6 Å². The van der Waals surface area contributed by atoms with Gasteiger partial charge in [0.2, 0.25) is 5.78 Å². The van der Waals surface area contributed by atoms with Gasteiger partial charge in [0, 0.05) is 5.56 Å². The molecule has 0 unspecified atom stereocenters. The van der Waals surface area contributed by atoms with Gasteiger partial charge in [-0.1, -0.05) is 29.8 Å². The minimum Gasteiger partial charge on any atom is -0.318 e. The molecule has 98 valence electrons. The van der Waals surface area contributed by atoms with Crippen molar-refractivity contribution < 1.29 is 9.59 Å². The molecule has 0 bridgehead atoms. The van der Waals surface area contributed by atoms with Crippen LogP contribution in [0.4, 0.5) is 0 Å².